The number of nitrogens with one attached hydrogen (secondary N) is 1. The molecule has 0 fully saturated rings. The van der Waals surface area contributed by atoms with Gasteiger partial charge in [0.25, 0.3) is 5.56 Å². The maximum Gasteiger partial charge on any atom is 0.275 e. The van der Waals surface area contributed by atoms with E-state index in [2.05, 4.69) is 10.4 Å². The Bertz CT molecular complexity index is 994. The van der Waals surface area contributed by atoms with Crippen LogP contribution in [0.1, 0.15) is 23.7 Å². The molecular weight excluding hydrogens is 342 g/mol. The minimum Gasteiger partial charge on any atom is -0.377 e. The van der Waals surface area contributed by atoms with Crippen molar-refractivity contribution in [1.29, 1.82) is 0 Å². The molecule has 0 unspecified atom stereocenters. The van der Waals surface area contributed by atoms with E-state index < -0.39 is 0 Å². The Kier molecular flexibility index (Phi) is 5.98. The predicted octanol–water partition coefficient (Wildman–Crippen LogP) is 2.56. The smallest absolute Gasteiger partial charge is 0.275 e. The Balaban J connectivity index is 1.64. The number of hydrogen-bond donors (Lipinski definition) is 1. The molecule has 6 heteroatoms. The highest BCUT2D eigenvalue weighted by Crippen LogP contribution is 2.11. The molecule has 3 rings (SSSR count). The van der Waals surface area contributed by atoms with Crippen molar-refractivity contribution in [3.63, 3.8) is 0 Å². The summed E-state index contributed by atoms with van der Waals surface area (Å²) >= 11 is 0. The van der Waals surface area contributed by atoms with Gasteiger partial charge in [-0.3, -0.25) is 9.59 Å². The third-order valence-electron chi connectivity index (χ3n) is 4.33. The summed E-state index contributed by atoms with van der Waals surface area (Å²) in [6.07, 6.45) is 0. The SMILES string of the molecule is CCOCc1ccc(CNC(=O)Cn2nc(C)c3ccccc3c2=O)cc1. The van der Waals surface area contributed by atoms with Crippen LogP contribution >= 0.6 is 0 Å². The molecule has 0 saturated carbocycles. The number of hydrogen-bond acceptors (Lipinski definition) is 4. The molecule has 0 aliphatic rings. The van der Waals surface area contributed by atoms with Crippen LogP contribution in [0.15, 0.2) is 53.3 Å². The molecule has 0 aliphatic heterocycles. The Hall–Kier alpha value is -2.99. The summed E-state index contributed by atoms with van der Waals surface area (Å²) in [5.74, 6) is -0.252. The summed E-state index contributed by atoms with van der Waals surface area (Å²) in [5, 5.41) is 8.48. The van der Waals surface area contributed by atoms with E-state index in [1.54, 1.807) is 6.07 Å². The van der Waals surface area contributed by atoms with Gasteiger partial charge in [0.15, 0.2) is 0 Å². The van der Waals surface area contributed by atoms with Gasteiger partial charge >= 0.3 is 0 Å². The highest BCUT2D eigenvalue weighted by Gasteiger charge is 2.10. The molecule has 0 bridgehead atoms. The zero-order valence-electron chi connectivity index (χ0n) is 15.6. The molecule has 0 aliphatic carbocycles. The first-order valence-corrected chi connectivity index (χ1v) is 8.97. The van der Waals surface area contributed by atoms with Crippen molar-refractivity contribution in [1.82, 2.24) is 15.1 Å². The van der Waals surface area contributed by atoms with E-state index in [9.17, 15) is 9.59 Å². The lowest BCUT2D eigenvalue weighted by Crippen LogP contribution is -2.33. The number of aryl methyl sites for hydroxylation is 1. The van der Waals surface area contributed by atoms with Gasteiger partial charge in [0, 0.05) is 18.5 Å². The maximum absolute atomic E-state index is 12.5. The van der Waals surface area contributed by atoms with Crippen LogP contribution in [0.2, 0.25) is 0 Å². The monoisotopic (exact) mass is 365 g/mol. The summed E-state index contributed by atoms with van der Waals surface area (Å²) in [7, 11) is 0. The Morgan fingerprint density at radius 1 is 1.07 bits per heavy atom. The summed E-state index contributed by atoms with van der Waals surface area (Å²) in [6.45, 7) is 5.35. The minimum absolute atomic E-state index is 0.104. The maximum atomic E-state index is 12.5. The molecule has 0 saturated heterocycles. The third-order valence-corrected chi connectivity index (χ3v) is 4.33. The molecule has 1 N–H and O–H groups in total. The highest BCUT2D eigenvalue weighted by atomic mass is 16.5. The Labute approximate surface area is 157 Å². The Morgan fingerprint density at radius 3 is 2.44 bits per heavy atom. The summed E-state index contributed by atoms with van der Waals surface area (Å²) in [5.41, 5.74) is 2.54. The molecule has 1 amide bonds. The van der Waals surface area contributed by atoms with Gasteiger partial charge in [-0.1, -0.05) is 42.5 Å². The molecule has 27 heavy (non-hydrogen) atoms. The van der Waals surface area contributed by atoms with Crippen LogP contribution in [0.5, 0.6) is 0 Å². The van der Waals surface area contributed by atoms with Crippen LogP contribution in [-0.4, -0.2) is 22.3 Å². The molecule has 0 spiro atoms. The highest BCUT2D eigenvalue weighted by molar-refractivity contribution is 5.83. The lowest BCUT2D eigenvalue weighted by molar-refractivity contribution is -0.122. The molecule has 0 radical (unpaired) electrons. The second-order valence-electron chi connectivity index (χ2n) is 6.32. The Morgan fingerprint density at radius 2 is 1.74 bits per heavy atom. The number of rotatable bonds is 7. The van der Waals surface area contributed by atoms with E-state index in [1.807, 2.05) is 56.3 Å². The van der Waals surface area contributed by atoms with Crippen LogP contribution in [-0.2, 0) is 29.2 Å². The fourth-order valence-electron chi connectivity index (χ4n) is 2.88. The van der Waals surface area contributed by atoms with Crippen molar-refractivity contribution in [3.05, 3.63) is 75.7 Å². The van der Waals surface area contributed by atoms with Gasteiger partial charge in [-0.05, 0) is 31.0 Å². The zero-order valence-corrected chi connectivity index (χ0v) is 15.6. The fraction of sp³-hybridized carbons (Fsp3) is 0.286. The molecule has 1 aromatic heterocycles. The van der Waals surface area contributed by atoms with E-state index in [0.717, 1.165) is 22.2 Å². The average molecular weight is 365 g/mol. The number of carbonyl (C=O) groups is 1. The second-order valence-corrected chi connectivity index (χ2v) is 6.32. The quantitative estimate of drug-likeness (QED) is 0.698. The van der Waals surface area contributed by atoms with Crippen LogP contribution in [0.25, 0.3) is 10.8 Å². The van der Waals surface area contributed by atoms with Gasteiger partial charge in [-0.15, -0.1) is 0 Å². The molecule has 3 aromatic rings. The number of amides is 1. The summed E-state index contributed by atoms with van der Waals surface area (Å²) in [4.78, 5) is 24.8. The second kappa shape index (κ2) is 8.60. The van der Waals surface area contributed by atoms with Crippen molar-refractivity contribution < 1.29 is 9.53 Å². The number of aromatic nitrogens is 2. The largest absolute Gasteiger partial charge is 0.377 e. The van der Waals surface area contributed by atoms with Crippen LogP contribution in [0, 0.1) is 6.92 Å². The van der Waals surface area contributed by atoms with Gasteiger partial charge in [0.1, 0.15) is 6.54 Å². The molecule has 140 valence electrons. The van der Waals surface area contributed by atoms with E-state index in [1.165, 1.54) is 4.68 Å². The lowest BCUT2D eigenvalue weighted by atomic mass is 10.1. The molecule has 6 nitrogen and oxygen atoms in total. The van der Waals surface area contributed by atoms with Gasteiger partial charge in [-0.25, -0.2) is 4.68 Å². The van der Waals surface area contributed by atoms with Crippen molar-refractivity contribution in [2.75, 3.05) is 6.61 Å². The normalized spacial score (nSPS) is 10.9. The fourth-order valence-corrected chi connectivity index (χ4v) is 2.88. The minimum atomic E-state index is -0.258. The topological polar surface area (TPSA) is 73.2 Å². The molecule has 2 aromatic carbocycles. The number of carbonyl (C=O) groups excluding carboxylic acids is 1. The van der Waals surface area contributed by atoms with E-state index in [4.69, 9.17) is 4.74 Å². The first-order valence-electron chi connectivity index (χ1n) is 8.97. The lowest BCUT2D eigenvalue weighted by Gasteiger charge is -2.10. The summed E-state index contributed by atoms with van der Waals surface area (Å²) < 4.78 is 6.59. The standard InChI is InChI=1S/C21H23N3O3/c1-3-27-14-17-10-8-16(9-11-17)12-22-20(25)13-24-21(26)19-7-5-4-6-18(19)15(2)23-24/h4-11H,3,12-14H2,1-2H3,(H,22,25). The van der Waals surface area contributed by atoms with Gasteiger partial charge < -0.3 is 10.1 Å². The van der Waals surface area contributed by atoms with Crippen molar-refractivity contribution in [2.45, 2.75) is 33.5 Å². The molecule has 0 atom stereocenters. The van der Waals surface area contributed by atoms with Crippen molar-refractivity contribution in [3.8, 4) is 0 Å². The summed E-state index contributed by atoms with van der Waals surface area (Å²) in [6, 6.07) is 15.2. The number of nitrogens with zero attached hydrogens (tertiary/aromatic N) is 2. The van der Waals surface area contributed by atoms with E-state index in [0.29, 0.717) is 25.1 Å². The van der Waals surface area contributed by atoms with Gasteiger partial charge in [0.2, 0.25) is 5.91 Å². The zero-order chi connectivity index (χ0) is 19.2. The van der Waals surface area contributed by atoms with Crippen molar-refractivity contribution >= 4 is 16.7 Å². The number of benzene rings is 2. The molecular formula is C21H23N3O3. The van der Waals surface area contributed by atoms with E-state index in [-0.39, 0.29) is 18.0 Å². The van der Waals surface area contributed by atoms with Gasteiger partial charge in [-0.2, -0.15) is 5.10 Å². The van der Waals surface area contributed by atoms with Crippen LogP contribution in [0.4, 0.5) is 0 Å². The van der Waals surface area contributed by atoms with Gasteiger partial charge in [0.05, 0.1) is 17.7 Å². The third kappa shape index (κ3) is 4.60. The first kappa shape index (κ1) is 18.8. The number of ether oxygens (including phenoxy) is 1. The first-order chi connectivity index (χ1) is 13.1. The van der Waals surface area contributed by atoms with E-state index >= 15 is 0 Å². The van der Waals surface area contributed by atoms with Crippen LogP contribution < -0.4 is 10.9 Å². The molecule has 1 heterocycles. The predicted molar refractivity (Wildman–Crippen MR) is 104 cm³/mol. The average Bonchev–Trinajstić information content (AvgIpc) is 2.69. The number of fused-ring (bicyclic) bond motifs is 1. The van der Waals surface area contributed by atoms with Crippen LogP contribution in [0.3, 0.4) is 0 Å². The van der Waals surface area contributed by atoms with Crippen molar-refractivity contribution in [2.24, 2.45) is 0 Å².